The van der Waals surface area contributed by atoms with E-state index in [2.05, 4.69) is 26.9 Å². The second kappa shape index (κ2) is 6.32. The monoisotopic (exact) mass is 316 g/mol. The van der Waals surface area contributed by atoms with Crippen LogP contribution in [0.4, 0.5) is 5.82 Å². The maximum atomic E-state index is 5.95. The van der Waals surface area contributed by atoms with Crippen molar-refractivity contribution in [1.82, 2.24) is 15.1 Å². The highest BCUT2D eigenvalue weighted by Gasteiger charge is 2.18. The van der Waals surface area contributed by atoms with Gasteiger partial charge in [-0.1, -0.05) is 42.2 Å². The molecule has 114 valence electrons. The molecule has 0 bridgehead atoms. The van der Waals surface area contributed by atoms with Crippen LogP contribution in [0.25, 0.3) is 22.4 Å². The van der Waals surface area contributed by atoms with E-state index in [0.29, 0.717) is 10.7 Å². The number of halogens is 1. The van der Waals surface area contributed by atoms with Crippen LogP contribution in [0, 0.1) is 0 Å². The summed E-state index contributed by atoms with van der Waals surface area (Å²) in [5.74, 6) is 0.838. The number of anilines is 1. The van der Waals surface area contributed by atoms with Crippen LogP contribution in [-0.2, 0) is 0 Å². The molecule has 3 rings (SSSR count). The summed E-state index contributed by atoms with van der Waals surface area (Å²) >= 11 is 5.95. The Balaban J connectivity index is 2.10. The summed E-state index contributed by atoms with van der Waals surface area (Å²) in [6.07, 6.45) is 3.74. The van der Waals surface area contributed by atoms with Crippen LogP contribution < -0.4 is 4.90 Å². The van der Waals surface area contributed by atoms with E-state index in [0.717, 1.165) is 41.8 Å². The van der Waals surface area contributed by atoms with E-state index < -0.39 is 0 Å². The first-order chi connectivity index (χ1) is 10.7. The molecule has 0 radical (unpaired) electrons. The molecule has 0 saturated carbocycles. The minimum atomic E-state index is 0.498. The highest BCUT2D eigenvalue weighted by molar-refractivity contribution is 6.30. The molecule has 0 unspecified atom stereocenters. The summed E-state index contributed by atoms with van der Waals surface area (Å²) in [5, 5.41) is 5.70. The lowest BCUT2D eigenvalue weighted by Gasteiger charge is -2.18. The highest BCUT2D eigenvalue weighted by atomic mass is 35.5. The predicted molar refractivity (Wildman–Crippen MR) is 88.2 cm³/mol. The van der Waals surface area contributed by atoms with Crippen molar-refractivity contribution in [1.29, 1.82) is 0 Å². The molecule has 5 nitrogen and oxygen atoms in total. The van der Waals surface area contributed by atoms with Gasteiger partial charge in [0.15, 0.2) is 0 Å². The first-order valence-corrected chi connectivity index (χ1v) is 7.66. The van der Waals surface area contributed by atoms with Gasteiger partial charge in [0, 0.05) is 24.2 Å². The summed E-state index contributed by atoms with van der Waals surface area (Å²) < 4.78 is 5.37. The van der Waals surface area contributed by atoms with Crippen molar-refractivity contribution in [3.05, 3.63) is 35.6 Å². The third-order valence-corrected chi connectivity index (χ3v) is 3.83. The fraction of sp³-hybridized carbons (Fsp3) is 0.312. The molecule has 6 heteroatoms. The van der Waals surface area contributed by atoms with Gasteiger partial charge in [-0.05, 0) is 18.6 Å². The number of rotatable bonds is 5. The topological polar surface area (TPSA) is 55.1 Å². The molecule has 2 aromatic heterocycles. The van der Waals surface area contributed by atoms with Gasteiger partial charge >= 0.3 is 0 Å². The molecule has 22 heavy (non-hydrogen) atoms. The summed E-state index contributed by atoms with van der Waals surface area (Å²) in [7, 11) is 2.02. The molecule has 0 saturated heterocycles. The number of hydrogen-bond donors (Lipinski definition) is 0. The van der Waals surface area contributed by atoms with Crippen LogP contribution in [0.1, 0.15) is 19.8 Å². The number of nitrogens with zero attached hydrogens (tertiary/aromatic N) is 4. The van der Waals surface area contributed by atoms with E-state index >= 15 is 0 Å². The van der Waals surface area contributed by atoms with Gasteiger partial charge in [-0.25, -0.2) is 4.98 Å². The normalized spacial score (nSPS) is 11.0. The average molecular weight is 317 g/mol. The average Bonchev–Trinajstić information content (AvgIpc) is 2.97. The zero-order valence-corrected chi connectivity index (χ0v) is 13.3. The van der Waals surface area contributed by atoms with Crippen LogP contribution in [0.3, 0.4) is 0 Å². The van der Waals surface area contributed by atoms with Crippen LogP contribution >= 0.6 is 11.6 Å². The Hall–Kier alpha value is -2.14. The van der Waals surface area contributed by atoms with Crippen LogP contribution in [0.15, 0.2) is 35.1 Å². The van der Waals surface area contributed by atoms with E-state index in [9.17, 15) is 0 Å². The molecule has 0 aliphatic carbocycles. The minimum Gasteiger partial charge on any atom is -0.359 e. The van der Waals surface area contributed by atoms with E-state index in [-0.39, 0.29) is 0 Å². The van der Waals surface area contributed by atoms with E-state index in [4.69, 9.17) is 16.1 Å². The van der Waals surface area contributed by atoms with Crippen molar-refractivity contribution in [3.63, 3.8) is 0 Å². The molecule has 0 fully saturated rings. The molecular weight excluding hydrogens is 300 g/mol. The number of hydrogen-bond acceptors (Lipinski definition) is 5. The van der Waals surface area contributed by atoms with Crippen molar-refractivity contribution in [2.24, 2.45) is 0 Å². The standard InChI is InChI=1S/C16H17ClN4O/c1-3-4-9-21(2)15-13-14(11-5-7-12(17)8-6-11)20-22-16(13)19-10-18-15/h5-8,10H,3-4,9H2,1-2H3. The van der Waals surface area contributed by atoms with Gasteiger partial charge in [-0.3, -0.25) is 0 Å². The second-order valence-electron chi connectivity index (χ2n) is 5.19. The fourth-order valence-electron chi connectivity index (χ4n) is 2.37. The number of benzene rings is 1. The van der Waals surface area contributed by atoms with Gasteiger partial charge in [0.2, 0.25) is 0 Å². The van der Waals surface area contributed by atoms with Gasteiger partial charge in [0.05, 0.1) is 0 Å². The maximum Gasteiger partial charge on any atom is 0.263 e. The molecule has 0 atom stereocenters. The third-order valence-electron chi connectivity index (χ3n) is 3.58. The zero-order valence-electron chi connectivity index (χ0n) is 12.6. The van der Waals surface area contributed by atoms with Crippen molar-refractivity contribution in [2.75, 3.05) is 18.5 Å². The lowest BCUT2D eigenvalue weighted by molar-refractivity contribution is 0.451. The summed E-state index contributed by atoms with van der Waals surface area (Å²) in [5.41, 5.74) is 2.17. The fourth-order valence-corrected chi connectivity index (χ4v) is 2.49. The molecular formula is C16H17ClN4O. The predicted octanol–water partition coefficient (Wildman–Crippen LogP) is 4.17. The molecule has 3 aromatic rings. The van der Waals surface area contributed by atoms with E-state index in [1.54, 1.807) is 0 Å². The lowest BCUT2D eigenvalue weighted by atomic mass is 10.1. The number of unbranched alkanes of at least 4 members (excludes halogenated alkanes) is 1. The van der Waals surface area contributed by atoms with Gasteiger partial charge in [-0.2, -0.15) is 4.98 Å². The molecule has 1 aromatic carbocycles. The van der Waals surface area contributed by atoms with Crippen molar-refractivity contribution in [2.45, 2.75) is 19.8 Å². The highest BCUT2D eigenvalue weighted by Crippen LogP contribution is 2.33. The van der Waals surface area contributed by atoms with Crippen LogP contribution in [0.2, 0.25) is 5.02 Å². The SMILES string of the molecule is CCCCN(C)c1ncnc2onc(-c3ccc(Cl)cc3)c12. The van der Waals surface area contributed by atoms with Crippen molar-refractivity contribution in [3.8, 4) is 11.3 Å². The second-order valence-corrected chi connectivity index (χ2v) is 5.63. The summed E-state index contributed by atoms with van der Waals surface area (Å²) in [6, 6.07) is 7.51. The van der Waals surface area contributed by atoms with Crippen LogP contribution in [-0.4, -0.2) is 28.7 Å². The Bertz CT molecular complexity index is 769. The van der Waals surface area contributed by atoms with E-state index in [1.807, 2.05) is 31.3 Å². The van der Waals surface area contributed by atoms with Gasteiger partial charge in [0.25, 0.3) is 5.71 Å². The van der Waals surface area contributed by atoms with E-state index in [1.165, 1.54) is 6.33 Å². The Kier molecular flexibility index (Phi) is 4.24. The summed E-state index contributed by atoms with van der Waals surface area (Å²) in [6.45, 7) is 3.09. The van der Waals surface area contributed by atoms with Crippen molar-refractivity contribution < 1.29 is 4.52 Å². The van der Waals surface area contributed by atoms with Gasteiger partial charge < -0.3 is 9.42 Å². The van der Waals surface area contributed by atoms with Crippen LogP contribution in [0.5, 0.6) is 0 Å². The molecule has 0 aliphatic rings. The smallest absolute Gasteiger partial charge is 0.263 e. The maximum absolute atomic E-state index is 5.95. The van der Waals surface area contributed by atoms with Gasteiger partial charge in [-0.15, -0.1) is 0 Å². The zero-order chi connectivity index (χ0) is 15.5. The largest absolute Gasteiger partial charge is 0.359 e. The first-order valence-electron chi connectivity index (χ1n) is 7.28. The third kappa shape index (κ3) is 2.76. The molecule has 0 aliphatic heterocycles. The van der Waals surface area contributed by atoms with Gasteiger partial charge in [0.1, 0.15) is 23.2 Å². The lowest BCUT2D eigenvalue weighted by Crippen LogP contribution is -2.19. The molecule has 0 amide bonds. The Morgan fingerprint density at radius 3 is 2.68 bits per heavy atom. The Morgan fingerprint density at radius 2 is 1.95 bits per heavy atom. The number of aromatic nitrogens is 3. The summed E-state index contributed by atoms with van der Waals surface area (Å²) in [4.78, 5) is 10.7. The molecule has 0 spiro atoms. The Labute approximate surface area is 133 Å². The quantitative estimate of drug-likeness (QED) is 0.707. The molecule has 2 heterocycles. The number of fused-ring (bicyclic) bond motifs is 1. The first kappa shape index (κ1) is 14.8. The molecule has 0 N–H and O–H groups in total. The van der Waals surface area contributed by atoms with Crippen molar-refractivity contribution >= 4 is 28.5 Å². The minimum absolute atomic E-state index is 0.498. The Morgan fingerprint density at radius 1 is 1.18 bits per heavy atom.